The van der Waals surface area contributed by atoms with Gasteiger partial charge in [-0.15, -0.1) is 0 Å². The van der Waals surface area contributed by atoms with Crippen LogP contribution in [0.15, 0.2) is 12.2 Å². The number of fused-ring (bicyclic) bond motifs is 8. The van der Waals surface area contributed by atoms with E-state index in [-0.39, 0.29) is 65.7 Å². The lowest BCUT2D eigenvalue weighted by molar-refractivity contribution is -0.156. The molecule has 35 heavy (non-hydrogen) atoms. The van der Waals surface area contributed by atoms with Crippen molar-refractivity contribution in [3.63, 3.8) is 0 Å². The van der Waals surface area contributed by atoms with E-state index in [1.165, 1.54) is 6.92 Å². The number of rotatable bonds is 0. The lowest BCUT2D eigenvalue weighted by Crippen LogP contribution is -2.57. The second-order valence-electron chi connectivity index (χ2n) is 11.8. The summed E-state index contributed by atoms with van der Waals surface area (Å²) < 4.78 is 21.1. The number of ketones is 2. The van der Waals surface area contributed by atoms with Gasteiger partial charge in [0.05, 0.1) is 23.9 Å². The highest BCUT2D eigenvalue weighted by Crippen LogP contribution is 2.65. The number of cyclic esters (lactones) is 1. The van der Waals surface area contributed by atoms with E-state index in [1.54, 1.807) is 6.92 Å². The average molecular weight is 527 g/mol. The third kappa shape index (κ3) is 3.59. The summed E-state index contributed by atoms with van der Waals surface area (Å²) in [6.45, 7) is 9.40. The lowest BCUT2D eigenvalue weighted by Gasteiger charge is -2.48. The first-order valence-electron chi connectivity index (χ1n) is 12.7. The fourth-order valence-corrected chi connectivity index (χ4v) is 8.16. The van der Waals surface area contributed by atoms with Crippen molar-refractivity contribution in [3.8, 4) is 0 Å². The van der Waals surface area contributed by atoms with Crippen molar-refractivity contribution in [1.29, 1.82) is 0 Å². The molecule has 14 atom stereocenters. The van der Waals surface area contributed by atoms with Gasteiger partial charge >= 0.3 is 5.97 Å². The highest BCUT2D eigenvalue weighted by molar-refractivity contribution is 6.68. The van der Waals surface area contributed by atoms with E-state index in [9.17, 15) is 14.4 Å². The second-order valence-corrected chi connectivity index (χ2v) is 13.1. The highest BCUT2D eigenvalue weighted by Gasteiger charge is 2.73. The summed E-state index contributed by atoms with van der Waals surface area (Å²) in [5.41, 5.74) is -0.192. The molecule has 6 rings (SSSR count). The Kier molecular flexibility index (Phi) is 5.40. The Bertz CT molecular complexity index is 1010. The number of esters is 1. The first-order valence-corrected chi connectivity index (χ1v) is 13.5. The van der Waals surface area contributed by atoms with Gasteiger partial charge in [-0.2, -0.15) is 0 Å². The highest BCUT2D eigenvalue weighted by atomic mass is 35.5. The summed E-state index contributed by atoms with van der Waals surface area (Å²) >= 11 is 13.2. The van der Waals surface area contributed by atoms with Gasteiger partial charge in [-0.05, 0) is 50.9 Å². The summed E-state index contributed by atoms with van der Waals surface area (Å²) in [6, 6.07) is 0. The third-order valence-electron chi connectivity index (χ3n) is 9.56. The van der Waals surface area contributed by atoms with E-state index < -0.39 is 39.8 Å². The summed E-state index contributed by atoms with van der Waals surface area (Å²) in [4.78, 5) is 40.3. The van der Waals surface area contributed by atoms with Crippen LogP contribution in [0.5, 0.6) is 0 Å². The van der Waals surface area contributed by atoms with E-state index >= 15 is 0 Å². The van der Waals surface area contributed by atoms with Crippen LogP contribution < -0.4 is 0 Å². The van der Waals surface area contributed by atoms with E-state index in [0.29, 0.717) is 0 Å². The van der Waals surface area contributed by atoms with E-state index in [4.69, 9.17) is 42.1 Å². The van der Waals surface area contributed by atoms with Gasteiger partial charge in [0, 0.05) is 11.8 Å². The first kappa shape index (κ1) is 24.4. The van der Waals surface area contributed by atoms with Crippen LogP contribution >= 0.6 is 23.2 Å². The minimum absolute atomic E-state index is 0.0390. The summed E-state index contributed by atoms with van der Waals surface area (Å²) in [5.74, 6) is -4.16. The Morgan fingerprint density at radius 3 is 2.34 bits per heavy atom. The zero-order chi connectivity index (χ0) is 25.2. The van der Waals surface area contributed by atoms with Gasteiger partial charge in [-0.1, -0.05) is 49.2 Å². The molecule has 7 nitrogen and oxygen atoms in total. The fourth-order valence-electron chi connectivity index (χ4n) is 7.58. The lowest BCUT2D eigenvalue weighted by atomic mass is 9.53. The number of epoxide rings is 3. The van der Waals surface area contributed by atoms with Crippen molar-refractivity contribution in [3.05, 3.63) is 12.2 Å². The van der Waals surface area contributed by atoms with Gasteiger partial charge in [-0.25, -0.2) is 0 Å². The minimum Gasteiger partial charge on any atom is -0.459 e. The average Bonchev–Trinajstić information content (AvgIpc) is 3.68. The molecule has 4 heterocycles. The van der Waals surface area contributed by atoms with Crippen molar-refractivity contribution in [2.24, 2.45) is 41.4 Å². The number of allylic oxidation sites excluding steroid dienone is 1. The van der Waals surface area contributed by atoms with Crippen LogP contribution in [0.2, 0.25) is 0 Å². The summed E-state index contributed by atoms with van der Waals surface area (Å²) in [5, 5.41) is 0. The van der Waals surface area contributed by atoms with Gasteiger partial charge in [0.1, 0.15) is 24.2 Å². The van der Waals surface area contributed by atoms with Crippen LogP contribution in [-0.2, 0) is 33.3 Å². The van der Waals surface area contributed by atoms with E-state index in [0.717, 1.165) is 6.42 Å². The number of Topliss-reactive ketones (excluding diaryl/α,β-unsaturated/α-hetero) is 2. The molecule has 0 N–H and O–H groups in total. The Balaban J connectivity index is 1.42. The molecule has 3 saturated heterocycles. The van der Waals surface area contributed by atoms with Crippen LogP contribution in [0.3, 0.4) is 0 Å². The molecule has 0 bridgehead atoms. The van der Waals surface area contributed by atoms with Crippen LogP contribution in [0.4, 0.5) is 0 Å². The van der Waals surface area contributed by atoms with Crippen LogP contribution in [0.25, 0.3) is 0 Å². The molecule has 0 radical (unpaired) electrons. The quantitative estimate of drug-likeness (QED) is 0.157. The maximum Gasteiger partial charge on any atom is 0.316 e. The van der Waals surface area contributed by atoms with Gasteiger partial charge in [0.25, 0.3) is 0 Å². The predicted molar refractivity (Wildman–Crippen MR) is 126 cm³/mol. The largest absolute Gasteiger partial charge is 0.459 e. The first-order chi connectivity index (χ1) is 16.4. The fraction of sp³-hybridized carbons (Fsp3) is 0.808. The molecule has 0 spiro atoms. The molecule has 6 aliphatic rings. The molecule has 6 unspecified atom stereocenters. The maximum atomic E-state index is 14.2. The van der Waals surface area contributed by atoms with Crippen LogP contribution in [0, 0.1) is 41.4 Å². The Hall–Kier alpha value is -0.990. The SMILES string of the molecule is C[C@@H]1C(=O)O[C@@H](C)C2OC2/C=C\[C@@H](C)[C@@H]2C3OC3[C@@H]3C[C@@]4(C)O[C@H]4[C@@H](C)C3C2C(=O)C(Cl)(Cl)C1=O. The van der Waals surface area contributed by atoms with Crippen LogP contribution in [0.1, 0.15) is 41.0 Å². The number of ether oxygens (including phenoxy) is 4. The number of halogens is 2. The molecule has 5 fully saturated rings. The van der Waals surface area contributed by atoms with Crippen molar-refractivity contribution in [2.45, 2.75) is 87.6 Å². The molecule has 4 aliphatic heterocycles. The molecule has 0 aromatic heterocycles. The zero-order valence-electron chi connectivity index (χ0n) is 20.5. The van der Waals surface area contributed by atoms with E-state index in [1.807, 2.05) is 6.08 Å². The molecule has 2 saturated carbocycles. The van der Waals surface area contributed by atoms with Gasteiger partial charge in [0.15, 0.2) is 11.6 Å². The van der Waals surface area contributed by atoms with Gasteiger partial charge < -0.3 is 18.9 Å². The Morgan fingerprint density at radius 2 is 1.63 bits per heavy atom. The molecule has 9 heteroatoms. The van der Waals surface area contributed by atoms with Crippen molar-refractivity contribution in [2.75, 3.05) is 0 Å². The van der Waals surface area contributed by atoms with Crippen molar-refractivity contribution >= 4 is 40.7 Å². The normalized spacial score (nSPS) is 57.2. The van der Waals surface area contributed by atoms with Crippen LogP contribution in [-0.4, -0.2) is 64.1 Å². The molecule has 0 amide bonds. The minimum atomic E-state index is -2.37. The number of hydrogen-bond acceptors (Lipinski definition) is 7. The standard InChI is InChI=1S/C26H32Cl2O7/c1-9-6-7-14-18(33-14)12(4)32-24(31)11(3)21(29)26(27,28)22(30)17-15(9)20-19(34-20)13-8-25(5)23(35-25)10(2)16(13)17/h6-7,9-20,23H,8H2,1-5H3/b7-6-/t9-,10+,11+,12+,13-,14?,15+,16?,17?,18?,19?,20?,23+,25-/m1/s1. The Labute approximate surface area is 215 Å². The second kappa shape index (κ2) is 7.76. The van der Waals surface area contributed by atoms with Crippen molar-refractivity contribution < 1.29 is 33.3 Å². The van der Waals surface area contributed by atoms with Gasteiger partial charge in [-0.3, -0.25) is 14.4 Å². The maximum absolute atomic E-state index is 14.2. The smallest absolute Gasteiger partial charge is 0.316 e. The third-order valence-corrected chi connectivity index (χ3v) is 10.3. The summed E-state index contributed by atoms with van der Waals surface area (Å²) in [7, 11) is 0. The number of hydrogen-bond donors (Lipinski definition) is 0. The molecular formula is C26H32Cl2O7. The number of carbonyl (C=O) groups is 3. The molecule has 2 aliphatic carbocycles. The van der Waals surface area contributed by atoms with Crippen molar-refractivity contribution in [1.82, 2.24) is 0 Å². The number of alkyl halides is 2. The zero-order valence-corrected chi connectivity index (χ0v) is 22.0. The summed E-state index contributed by atoms with van der Waals surface area (Å²) in [6.07, 6.45) is 3.84. The van der Waals surface area contributed by atoms with E-state index in [2.05, 4.69) is 26.8 Å². The Morgan fingerprint density at radius 1 is 0.914 bits per heavy atom. The molecule has 0 aromatic rings. The predicted octanol–water partition coefficient (Wildman–Crippen LogP) is 3.28. The molecule has 0 aromatic carbocycles. The molecular weight excluding hydrogens is 495 g/mol. The topological polar surface area (TPSA) is 98.0 Å². The molecule has 192 valence electrons. The monoisotopic (exact) mass is 526 g/mol. The van der Waals surface area contributed by atoms with Gasteiger partial charge in [0.2, 0.25) is 4.33 Å². The number of carbonyl (C=O) groups excluding carboxylic acids is 3.